The van der Waals surface area contributed by atoms with Crippen LogP contribution >= 0.6 is 0 Å². The Hall–Kier alpha value is -6.35. The number of carbonyl (C=O) groups is 6. The molecule has 62 heavy (non-hydrogen) atoms. The standard InChI is InChI=1S/C39H65N15O8/c1-5-23(4)32(34(58)49-29(37(61)62)18-22(2)3)50-31(56)21-53(17-14-24-10-12-26(55)13-11-24)36(60)30-19-25(51-52-45)20-54(30)35(59)28(9-7-16-47-39(43)44)48-33(57)27(40)8-6-15-46-38(41)42/h10-13,22-23,25,27-30,32,55H,5-9,14-21,40H2,1-4H3,(H,48,57)(H,49,58)(H,50,56)(H,61,62)(H4,41,42,46)(H4,43,44,47)/t23-,25+,27-,28-,29-,30-,32-/m0/s1. The summed E-state index contributed by atoms with van der Waals surface area (Å²) in [7, 11) is 0. The fraction of sp³-hybridized carbons (Fsp3) is 0.641. The number of nitrogens with two attached hydrogens (primary N) is 5. The van der Waals surface area contributed by atoms with Gasteiger partial charge in [-0.15, -0.1) is 0 Å². The first kappa shape index (κ1) is 51.8. The second-order valence-corrected chi connectivity index (χ2v) is 15.8. The molecule has 0 bridgehead atoms. The van der Waals surface area contributed by atoms with Crippen molar-refractivity contribution in [3.05, 3.63) is 40.3 Å². The summed E-state index contributed by atoms with van der Waals surface area (Å²) in [5.74, 6) is -5.45. The number of aromatic hydroxyl groups is 1. The maximum absolute atomic E-state index is 14.7. The number of nitrogens with one attached hydrogen (secondary N) is 3. The normalized spacial score (nSPS) is 17.0. The third-order valence-electron chi connectivity index (χ3n) is 10.3. The van der Waals surface area contributed by atoms with Gasteiger partial charge in [0, 0.05) is 31.1 Å². The average Bonchev–Trinajstić information content (AvgIpc) is 3.64. The molecular weight excluding hydrogens is 807 g/mol. The molecule has 1 saturated heterocycles. The van der Waals surface area contributed by atoms with Crippen molar-refractivity contribution in [2.24, 2.45) is 55.6 Å². The number of phenols is 1. The molecule has 0 aromatic heterocycles. The van der Waals surface area contributed by atoms with Crippen LogP contribution in [0.25, 0.3) is 10.4 Å². The van der Waals surface area contributed by atoms with E-state index in [0.717, 1.165) is 0 Å². The lowest BCUT2D eigenvalue weighted by atomic mass is 9.97. The van der Waals surface area contributed by atoms with E-state index in [0.29, 0.717) is 18.4 Å². The second-order valence-electron chi connectivity index (χ2n) is 15.8. The van der Waals surface area contributed by atoms with Gasteiger partial charge < -0.3 is 64.6 Å². The van der Waals surface area contributed by atoms with Crippen LogP contribution in [-0.2, 0) is 35.2 Å². The summed E-state index contributed by atoms with van der Waals surface area (Å²) < 4.78 is 0. The van der Waals surface area contributed by atoms with Gasteiger partial charge in [-0.2, -0.15) is 0 Å². The van der Waals surface area contributed by atoms with Crippen molar-refractivity contribution in [3.8, 4) is 5.75 Å². The molecule has 1 aromatic rings. The molecule has 0 saturated carbocycles. The summed E-state index contributed by atoms with van der Waals surface area (Å²) in [4.78, 5) is 95.0. The van der Waals surface area contributed by atoms with E-state index in [1.54, 1.807) is 26.0 Å². The molecule has 0 radical (unpaired) electrons. The van der Waals surface area contributed by atoms with E-state index >= 15 is 0 Å². The molecular formula is C39H65N15O8. The van der Waals surface area contributed by atoms with E-state index in [1.807, 2.05) is 13.8 Å². The summed E-state index contributed by atoms with van der Waals surface area (Å²) in [5.41, 5.74) is 37.9. The predicted octanol–water partition coefficient (Wildman–Crippen LogP) is -0.891. The molecule has 1 heterocycles. The summed E-state index contributed by atoms with van der Waals surface area (Å²) in [6, 6.07) is -0.543. The lowest BCUT2D eigenvalue weighted by molar-refractivity contribution is -0.147. The van der Waals surface area contributed by atoms with Crippen molar-refractivity contribution in [2.75, 3.05) is 32.7 Å². The van der Waals surface area contributed by atoms with Crippen LogP contribution < -0.4 is 44.6 Å². The van der Waals surface area contributed by atoms with E-state index in [-0.39, 0.29) is 88.3 Å². The van der Waals surface area contributed by atoms with Crippen LogP contribution in [0.15, 0.2) is 39.4 Å². The molecule has 0 aliphatic carbocycles. The van der Waals surface area contributed by atoms with Crippen LogP contribution in [0.5, 0.6) is 5.75 Å². The molecule has 1 aliphatic heterocycles. The highest BCUT2D eigenvalue weighted by Crippen LogP contribution is 2.25. The number of phenolic OH excluding ortho intramolecular Hbond substituents is 1. The van der Waals surface area contributed by atoms with Crippen LogP contribution in [0.4, 0.5) is 0 Å². The number of carboxylic acid groups (broad SMARTS) is 1. The number of aliphatic imine (C=N–C) groups is 2. The lowest BCUT2D eigenvalue weighted by Crippen LogP contribution is -2.58. The molecule has 344 valence electrons. The van der Waals surface area contributed by atoms with Crippen molar-refractivity contribution in [3.63, 3.8) is 0 Å². The number of hydrogen-bond donors (Lipinski definition) is 10. The number of hydrogen-bond acceptors (Lipinski definition) is 11. The molecule has 1 aliphatic rings. The minimum Gasteiger partial charge on any atom is -0.508 e. The second kappa shape index (κ2) is 26.1. The van der Waals surface area contributed by atoms with Gasteiger partial charge in [0.05, 0.1) is 18.6 Å². The van der Waals surface area contributed by atoms with Gasteiger partial charge in [0.25, 0.3) is 0 Å². The third kappa shape index (κ3) is 17.7. The van der Waals surface area contributed by atoms with Gasteiger partial charge in [-0.3, -0.25) is 34.0 Å². The molecule has 5 amide bonds. The first-order valence-corrected chi connectivity index (χ1v) is 20.7. The topological polar surface area (TPSA) is 389 Å². The van der Waals surface area contributed by atoms with E-state index < -0.39 is 84.2 Å². The van der Waals surface area contributed by atoms with E-state index in [2.05, 4.69) is 36.0 Å². The number of likely N-dealkylation sites (tertiary alicyclic amines) is 1. The van der Waals surface area contributed by atoms with Crippen molar-refractivity contribution < 1.29 is 39.0 Å². The fourth-order valence-electron chi connectivity index (χ4n) is 6.79. The Kier molecular flexibility index (Phi) is 21.8. The Morgan fingerprint density at radius 1 is 0.919 bits per heavy atom. The molecule has 1 fully saturated rings. The number of nitrogens with zero attached hydrogens (tertiary/aromatic N) is 7. The Balaban J connectivity index is 2.49. The summed E-state index contributed by atoms with van der Waals surface area (Å²) in [6.45, 7) is 6.65. The summed E-state index contributed by atoms with van der Waals surface area (Å²) in [6.07, 6.45) is 1.48. The number of aliphatic carboxylic acids is 1. The van der Waals surface area contributed by atoms with Crippen molar-refractivity contribution in [1.82, 2.24) is 25.8 Å². The van der Waals surface area contributed by atoms with Gasteiger partial charge in [-0.25, -0.2) is 4.79 Å². The molecule has 0 spiro atoms. The molecule has 23 nitrogen and oxygen atoms in total. The van der Waals surface area contributed by atoms with E-state index in [4.69, 9.17) is 28.7 Å². The molecule has 7 atom stereocenters. The lowest BCUT2D eigenvalue weighted by Gasteiger charge is -2.33. The first-order valence-electron chi connectivity index (χ1n) is 20.7. The molecule has 15 N–H and O–H groups in total. The number of rotatable bonds is 26. The average molecular weight is 872 g/mol. The monoisotopic (exact) mass is 872 g/mol. The maximum atomic E-state index is 14.7. The third-order valence-corrected chi connectivity index (χ3v) is 10.3. The van der Waals surface area contributed by atoms with Crippen molar-refractivity contribution >= 4 is 47.4 Å². The highest BCUT2D eigenvalue weighted by Gasteiger charge is 2.44. The molecule has 23 heteroatoms. The highest BCUT2D eigenvalue weighted by molar-refractivity contribution is 5.96. The van der Waals surface area contributed by atoms with Crippen LogP contribution in [0.2, 0.25) is 0 Å². The number of azide groups is 1. The first-order chi connectivity index (χ1) is 29.3. The smallest absolute Gasteiger partial charge is 0.326 e. The van der Waals surface area contributed by atoms with Gasteiger partial charge >= 0.3 is 5.97 Å². The maximum Gasteiger partial charge on any atom is 0.326 e. The van der Waals surface area contributed by atoms with Gasteiger partial charge in [0.15, 0.2) is 11.9 Å². The van der Waals surface area contributed by atoms with Gasteiger partial charge in [0.1, 0.15) is 29.9 Å². The minimum absolute atomic E-state index is 0.0185. The Bertz CT molecular complexity index is 1780. The van der Waals surface area contributed by atoms with Crippen molar-refractivity contribution in [1.29, 1.82) is 0 Å². The quantitative estimate of drug-likeness (QED) is 0.0135. The summed E-state index contributed by atoms with van der Waals surface area (Å²) >= 11 is 0. The Labute approximate surface area is 361 Å². The summed E-state index contributed by atoms with van der Waals surface area (Å²) in [5, 5.41) is 31.3. The Morgan fingerprint density at radius 3 is 2.06 bits per heavy atom. The van der Waals surface area contributed by atoms with Crippen LogP contribution in [0.1, 0.15) is 78.2 Å². The van der Waals surface area contributed by atoms with Gasteiger partial charge in [-0.05, 0) is 80.0 Å². The Morgan fingerprint density at radius 2 is 1.52 bits per heavy atom. The number of carbonyl (C=O) groups excluding carboxylic acids is 5. The molecule has 0 unspecified atom stereocenters. The van der Waals surface area contributed by atoms with Gasteiger partial charge in [0.2, 0.25) is 29.5 Å². The van der Waals surface area contributed by atoms with Crippen LogP contribution in [0.3, 0.4) is 0 Å². The zero-order chi connectivity index (χ0) is 46.5. The van der Waals surface area contributed by atoms with E-state index in [1.165, 1.54) is 21.9 Å². The number of amides is 5. The molecule has 2 rings (SSSR count). The SMILES string of the molecule is CC[C@H](C)[C@H](NC(=O)CN(CCc1ccc(O)cc1)C(=O)[C@@H]1C[C@@H](N=[N+]=[N-])CN1C(=O)[C@H](CCCN=C(N)N)NC(=O)[C@@H](N)CCCN=C(N)N)C(=O)N[C@@H](CC(C)C)C(=O)O. The van der Waals surface area contributed by atoms with Crippen LogP contribution in [0, 0.1) is 11.8 Å². The molecule has 1 aromatic carbocycles. The van der Waals surface area contributed by atoms with Crippen molar-refractivity contribution in [2.45, 2.75) is 115 Å². The minimum atomic E-state index is -1.27. The van der Waals surface area contributed by atoms with Gasteiger partial charge in [-0.1, -0.05) is 51.4 Å². The largest absolute Gasteiger partial charge is 0.508 e. The number of carboxylic acids is 1. The zero-order valence-electron chi connectivity index (χ0n) is 36.0. The zero-order valence-corrected chi connectivity index (χ0v) is 36.0. The predicted molar refractivity (Wildman–Crippen MR) is 232 cm³/mol. The number of guanidine groups is 2. The van der Waals surface area contributed by atoms with E-state index in [9.17, 15) is 44.5 Å². The fourth-order valence-corrected chi connectivity index (χ4v) is 6.79. The number of benzene rings is 1. The highest BCUT2D eigenvalue weighted by atomic mass is 16.4. The van der Waals surface area contributed by atoms with Crippen LogP contribution in [-0.4, -0.2) is 136 Å².